The molecule has 26 heavy (non-hydrogen) atoms. The quantitative estimate of drug-likeness (QED) is 0.451. The number of halogens is 2. The number of hydrogen-bond acceptors (Lipinski definition) is 3. The minimum atomic E-state index is -0.931. The van der Waals surface area contributed by atoms with Crippen LogP contribution in [0.15, 0.2) is 41.4 Å². The van der Waals surface area contributed by atoms with Gasteiger partial charge in [0.2, 0.25) is 0 Å². The number of benzene rings is 2. The molecule has 0 aliphatic heterocycles. The van der Waals surface area contributed by atoms with Crippen molar-refractivity contribution in [3.8, 4) is 11.5 Å². The third-order valence-electron chi connectivity index (χ3n) is 3.67. The fraction of sp³-hybridized carbons (Fsp3) is 0.316. The summed E-state index contributed by atoms with van der Waals surface area (Å²) in [6, 6.07) is 9.43. The van der Waals surface area contributed by atoms with E-state index in [2.05, 4.69) is 15.6 Å². The van der Waals surface area contributed by atoms with E-state index in [0.29, 0.717) is 19.0 Å². The molecule has 0 radical (unpaired) electrons. The number of methoxy groups -OCH3 is 1. The smallest absolute Gasteiger partial charge is 0.191 e. The molecule has 0 aliphatic carbocycles. The van der Waals surface area contributed by atoms with Crippen LogP contribution in [-0.4, -0.2) is 33.3 Å². The lowest BCUT2D eigenvalue weighted by molar-refractivity contribution is 0.318. The largest absolute Gasteiger partial charge is 0.496 e. The maximum Gasteiger partial charge on any atom is 0.191 e. The molecular formula is C19H23F2N3O2. The molecular weight excluding hydrogens is 340 g/mol. The average Bonchev–Trinajstić information content (AvgIpc) is 2.64. The topological polar surface area (TPSA) is 54.9 Å². The van der Waals surface area contributed by atoms with Crippen LogP contribution in [0.3, 0.4) is 0 Å². The zero-order valence-electron chi connectivity index (χ0n) is 15.1. The molecule has 2 N–H and O–H groups in total. The van der Waals surface area contributed by atoms with E-state index in [1.54, 1.807) is 14.2 Å². The zero-order valence-corrected chi connectivity index (χ0v) is 15.1. The fourth-order valence-electron chi connectivity index (χ4n) is 2.30. The molecule has 0 bridgehead atoms. The van der Waals surface area contributed by atoms with Crippen molar-refractivity contribution in [1.82, 2.24) is 10.6 Å². The number of guanidine groups is 1. The normalized spacial score (nSPS) is 11.2. The minimum absolute atomic E-state index is 0.276. The van der Waals surface area contributed by atoms with Crippen LogP contribution in [0.4, 0.5) is 8.78 Å². The van der Waals surface area contributed by atoms with Crippen LogP contribution >= 0.6 is 0 Å². The zero-order chi connectivity index (χ0) is 18.9. The highest BCUT2D eigenvalue weighted by Gasteiger charge is 2.05. The van der Waals surface area contributed by atoms with E-state index in [9.17, 15) is 8.78 Å². The van der Waals surface area contributed by atoms with Gasteiger partial charge >= 0.3 is 0 Å². The van der Waals surface area contributed by atoms with E-state index < -0.39 is 11.6 Å². The predicted molar refractivity (Wildman–Crippen MR) is 97.8 cm³/mol. The SMILES string of the molecule is CN=C(NCCOc1ccc(F)c(F)c1)NCc1ccc(C)cc1OC. The Morgan fingerprint density at radius 2 is 1.88 bits per heavy atom. The van der Waals surface area contributed by atoms with Crippen LogP contribution in [0.2, 0.25) is 0 Å². The van der Waals surface area contributed by atoms with Crippen molar-refractivity contribution in [2.75, 3.05) is 27.3 Å². The molecule has 0 saturated heterocycles. The highest BCUT2D eigenvalue weighted by atomic mass is 19.2. The molecule has 0 aliphatic rings. The molecule has 0 atom stereocenters. The molecule has 0 amide bonds. The maximum atomic E-state index is 13.1. The summed E-state index contributed by atoms with van der Waals surface area (Å²) in [5.74, 6) is -0.138. The Bertz CT molecular complexity index is 766. The Labute approximate surface area is 152 Å². The second-order valence-electron chi connectivity index (χ2n) is 5.59. The first kappa shape index (κ1) is 19.5. The maximum absolute atomic E-state index is 13.1. The van der Waals surface area contributed by atoms with E-state index in [1.807, 2.05) is 25.1 Å². The molecule has 5 nitrogen and oxygen atoms in total. The van der Waals surface area contributed by atoms with Gasteiger partial charge in [-0.15, -0.1) is 0 Å². The summed E-state index contributed by atoms with van der Waals surface area (Å²) in [4.78, 5) is 4.13. The van der Waals surface area contributed by atoms with Gasteiger partial charge in [0.25, 0.3) is 0 Å². The van der Waals surface area contributed by atoms with Crippen molar-refractivity contribution in [3.63, 3.8) is 0 Å². The average molecular weight is 363 g/mol. The third-order valence-corrected chi connectivity index (χ3v) is 3.67. The third kappa shape index (κ3) is 5.61. The van der Waals surface area contributed by atoms with Gasteiger partial charge in [-0.2, -0.15) is 0 Å². The van der Waals surface area contributed by atoms with Crippen molar-refractivity contribution in [3.05, 3.63) is 59.2 Å². The highest BCUT2D eigenvalue weighted by Crippen LogP contribution is 2.19. The van der Waals surface area contributed by atoms with Gasteiger partial charge in [-0.25, -0.2) is 8.78 Å². The van der Waals surface area contributed by atoms with Crippen LogP contribution in [0, 0.1) is 18.6 Å². The molecule has 7 heteroatoms. The summed E-state index contributed by atoms with van der Waals surface area (Å²) in [7, 11) is 3.30. The number of rotatable bonds is 7. The summed E-state index contributed by atoms with van der Waals surface area (Å²) in [5, 5.41) is 6.28. The second kappa shape index (κ2) is 9.60. The Balaban J connectivity index is 1.78. The summed E-state index contributed by atoms with van der Waals surface area (Å²) in [5.41, 5.74) is 2.14. The van der Waals surface area contributed by atoms with Gasteiger partial charge in [0.05, 0.1) is 13.7 Å². The number of nitrogens with zero attached hydrogens (tertiary/aromatic N) is 1. The molecule has 0 saturated carbocycles. The van der Waals surface area contributed by atoms with Crippen LogP contribution in [0.1, 0.15) is 11.1 Å². The van der Waals surface area contributed by atoms with Crippen molar-refractivity contribution in [1.29, 1.82) is 0 Å². The van der Waals surface area contributed by atoms with Gasteiger partial charge in [0, 0.05) is 25.2 Å². The first-order chi connectivity index (χ1) is 12.5. The minimum Gasteiger partial charge on any atom is -0.496 e. The molecule has 0 fully saturated rings. The van der Waals surface area contributed by atoms with Crippen molar-refractivity contribution < 1.29 is 18.3 Å². The van der Waals surface area contributed by atoms with Crippen LogP contribution in [0.25, 0.3) is 0 Å². The summed E-state index contributed by atoms with van der Waals surface area (Å²) < 4.78 is 36.7. The second-order valence-corrected chi connectivity index (χ2v) is 5.59. The van der Waals surface area contributed by atoms with Crippen LogP contribution < -0.4 is 20.1 Å². The Hall–Kier alpha value is -2.83. The number of aliphatic imine (C=N–C) groups is 1. The van der Waals surface area contributed by atoms with E-state index in [1.165, 1.54) is 6.07 Å². The number of hydrogen-bond donors (Lipinski definition) is 2. The summed E-state index contributed by atoms with van der Waals surface area (Å²) >= 11 is 0. The monoisotopic (exact) mass is 363 g/mol. The van der Waals surface area contributed by atoms with Crippen molar-refractivity contribution in [2.45, 2.75) is 13.5 Å². The fourth-order valence-corrected chi connectivity index (χ4v) is 2.30. The molecule has 0 spiro atoms. The van der Waals surface area contributed by atoms with Crippen molar-refractivity contribution in [2.24, 2.45) is 4.99 Å². The molecule has 140 valence electrons. The Morgan fingerprint density at radius 1 is 1.08 bits per heavy atom. The van der Waals surface area contributed by atoms with Crippen LogP contribution in [-0.2, 0) is 6.54 Å². The van der Waals surface area contributed by atoms with E-state index in [4.69, 9.17) is 9.47 Å². The lowest BCUT2D eigenvalue weighted by Crippen LogP contribution is -2.38. The number of ether oxygens (including phenoxy) is 2. The van der Waals surface area contributed by atoms with Gasteiger partial charge in [-0.05, 0) is 30.7 Å². The Kier molecular flexibility index (Phi) is 7.20. The first-order valence-electron chi connectivity index (χ1n) is 8.19. The lowest BCUT2D eigenvalue weighted by Gasteiger charge is -2.14. The predicted octanol–water partition coefficient (Wildman–Crippen LogP) is 3.03. The molecule has 2 rings (SSSR count). The molecule has 0 heterocycles. The molecule has 0 unspecified atom stereocenters. The van der Waals surface area contributed by atoms with Gasteiger partial charge in [-0.1, -0.05) is 12.1 Å². The van der Waals surface area contributed by atoms with E-state index in [-0.39, 0.29) is 12.4 Å². The molecule has 2 aromatic rings. The van der Waals surface area contributed by atoms with Gasteiger partial charge < -0.3 is 20.1 Å². The van der Waals surface area contributed by atoms with Crippen molar-refractivity contribution >= 4 is 5.96 Å². The summed E-state index contributed by atoms with van der Waals surface area (Å²) in [6.45, 7) is 3.28. The Morgan fingerprint density at radius 3 is 2.58 bits per heavy atom. The van der Waals surface area contributed by atoms with Gasteiger partial charge in [0.1, 0.15) is 18.1 Å². The van der Waals surface area contributed by atoms with Gasteiger partial charge in [0.15, 0.2) is 17.6 Å². The first-order valence-corrected chi connectivity index (χ1v) is 8.19. The lowest BCUT2D eigenvalue weighted by atomic mass is 10.1. The molecule has 0 aromatic heterocycles. The molecule has 2 aromatic carbocycles. The number of nitrogens with one attached hydrogen (secondary N) is 2. The standard InChI is InChI=1S/C19H23F2N3O2/c1-13-4-5-14(18(10-13)25-3)12-24-19(22-2)23-8-9-26-15-6-7-16(20)17(21)11-15/h4-7,10-11H,8-9,12H2,1-3H3,(H2,22,23,24). The van der Waals surface area contributed by atoms with E-state index in [0.717, 1.165) is 29.0 Å². The van der Waals surface area contributed by atoms with E-state index >= 15 is 0 Å². The van der Waals surface area contributed by atoms with Gasteiger partial charge in [-0.3, -0.25) is 4.99 Å². The van der Waals surface area contributed by atoms with Crippen LogP contribution in [0.5, 0.6) is 11.5 Å². The summed E-state index contributed by atoms with van der Waals surface area (Å²) in [6.07, 6.45) is 0. The highest BCUT2D eigenvalue weighted by molar-refractivity contribution is 5.79. The number of aryl methyl sites for hydroxylation is 1.